The highest BCUT2D eigenvalue weighted by Crippen LogP contribution is 2.34. The minimum atomic E-state index is -0.0438. The number of rotatable bonds is 5. The first-order valence-corrected chi connectivity index (χ1v) is 8.02. The van der Waals surface area contributed by atoms with Crippen LogP contribution in [0.3, 0.4) is 0 Å². The van der Waals surface area contributed by atoms with Gasteiger partial charge in [-0.25, -0.2) is 0 Å². The normalized spacial score (nSPS) is 29.0. The van der Waals surface area contributed by atoms with Gasteiger partial charge in [0, 0.05) is 32.6 Å². The van der Waals surface area contributed by atoms with Gasteiger partial charge in [0.25, 0.3) is 0 Å². The molecule has 1 aliphatic rings. The smallest absolute Gasteiger partial charge is 0.241 e. The predicted octanol–water partition coefficient (Wildman–Crippen LogP) is 1.32. The Morgan fingerprint density at radius 2 is 1.76 bits per heavy atom. The Morgan fingerprint density at radius 1 is 1.14 bits per heavy atom. The summed E-state index contributed by atoms with van der Waals surface area (Å²) in [6.45, 7) is 7.11. The molecule has 4 atom stereocenters. The van der Waals surface area contributed by atoms with Gasteiger partial charge in [-0.1, -0.05) is 20.8 Å². The lowest BCUT2D eigenvalue weighted by Gasteiger charge is -2.38. The molecule has 0 bridgehead atoms. The largest absolute Gasteiger partial charge is 0.347 e. The van der Waals surface area contributed by atoms with Crippen molar-refractivity contribution < 1.29 is 9.59 Å². The third-order valence-corrected chi connectivity index (χ3v) is 4.63. The first kappa shape index (κ1) is 18.0. The average molecular weight is 297 g/mol. The van der Waals surface area contributed by atoms with Crippen LogP contribution < -0.4 is 5.73 Å². The lowest BCUT2D eigenvalue weighted by Crippen LogP contribution is -2.49. The molecule has 1 fully saturated rings. The summed E-state index contributed by atoms with van der Waals surface area (Å²) in [6, 6.07) is 0.0863. The third kappa shape index (κ3) is 4.70. The minimum absolute atomic E-state index is 0.0297. The van der Waals surface area contributed by atoms with Crippen LogP contribution in [0.25, 0.3) is 0 Å². The average Bonchev–Trinajstić information content (AvgIpc) is 2.41. The van der Waals surface area contributed by atoms with E-state index >= 15 is 0 Å². The van der Waals surface area contributed by atoms with Crippen molar-refractivity contribution in [3.63, 3.8) is 0 Å². The third-order valence-electron chi connectivity index (χ3n) is 4.63. The fraction of sp³-hybridized carbons (Fsp3) is 0.875. The van der Waals surface area contributed by atoms with Crippen LogP contribution in [0, 0.1) is 17.8 Å². The number of likely N-dealkylation sites (N-methyl/N-ethyl adjacent to an activating group) is 1. The van der Waals surface area contributed by atoms with Crippen molar-refractivity contribution in [1.82, 2.24) is 9.80 Å². The molecule has 1 aliphatic carbocycles. The summed E-state index contributed by atoms with van der Waals surface area (Å²) in [5.74, 6) is 0.825. The Hall–Kier alpha value is -1.10. The lowest BCUT2D eigenvalue weighted by molar-refractivity contribution is -0.144. The van der Waals surface area contributed by atoms with Gasteiger partial charge < -0.3 is 15.5 Å². The molecular weight excluding hydrogens is 266 g/mol. The van der Waals surface area contributed by atoms with Crippen molar-refractivity contribution in [3.8, 4) is 0 Å². The first-order chi connectivity index (χ1) is 9.77. The van der Waals surface area contributed by atoms with Crippen LogP contribution in [0.2, 0.25) is 0 Å². The molecule has 0 radical (unpaired) electrons. The number of amides is 2. The van der Waals surface area contributed by atoms with Gasteiger partial charge in [-0.3, -0.25) is 9.59 Å². The van der Waals surface area contributed by atoms with Crippen LogP contribution in [-0.2, 0) is 9.59 Å². The molecule has 0 aromatic heterocycles. The number of hydrogen-bond acceptors (Lipinski definition) is 3. The quantitative estimate of drug-likeness (QED) is 0.832. The molecule has 5 heteroatoms. The molecule has 2 amide bonds. The predicted molar refractivity (Wildman–Crippen MR) is 84.6 cm³/mol. The summed E-state index contributed by atoms with van der Waals surface area (Å²) in [6.07, 6.45) is 2.58. The molecule has 0 saturated heterocycles. The number of nitrogens with zero attached hydrogens (tertiary/aromatic N) is 2. The molecule has 2 N–H and O–H groups in total. The SMILES string of the molecule is CCCN(CC(=O)N(C)C)C(=O)C1CC(N)C(C)CC1C. The van der Waals surface area contributed by atoms with E-state index < -0.39 is 0 Å². The van der Waals surface area contributed by atoms with Crippen molar-refractivity contribution >= 4 is 11.8 Å². The molecule has 0 spiro atoms. The highest BCUT2D eigenvalue weighted by Gasteiger charge is 2.37. The number of hydrogen-bond donors (Lipinski definition) is 1. The second kappa shape index (κ2) is 7.78. The number of nitrogens with two attached hydrogens (primary N) is 1. The molecule has 1 rings (SSSR count). The molecule has 21 heavy (non-hydrogen) atoms. The first-order valence-electron chi connectivity index (χ1n) is 8.02. The summed E-state index contributed by atoms with van der Waals surface area (Å²) >= 11 is 0. The maximum absolute atomic E-state index is 12.8. The molecule has 5 nitrogen and oxygen atoms in total. The van der Waals surface area contributed by atoms with E-state index in [1.807, 2.05) is 6.92 Å². The fourth-order valence-corrected chi connectivity index (χ4v) is 3.10. The molecule has 122 valence electrons. The van der Waals surface area contributed by atoms with E-state index in [-0.39, 0.29) is 30.3 Å². The maximum atomic E-state index is 12.8. The molecule has 0 heterocycles. The van der Waals surface area contributed by atoms with E-state index in [0.29, 0.717) is 18.4 Å². The number of carbonyl (C=O) groups excluding carboxylic acids is 2. The highest BCUT2D eigenvalue weighted by molar-refractivity contribution is 5.86. The Bertz CT molecular complexity index is 371. The maximum Gasteiger partial charge on any atom is 0.241 e. The van der Waals surface area contributed by atoms with Gasteiger partial charge in [0.2, 0.25) is 11.8 Å². The van der Waals surface area contributed by atoms with Gasteiger partial charge in [0.1, 0.15) is 0 Å². The van der Waals surface area contributed by atoms with E-state index in [2.05, 4.69) is 13.8 Å². The zero-order valence-electron chi connectivity index (χ0n) is 14.1. The van der Waals surface area contributed by atoms with Crippen LogP contribution in [0.15, 0.2) is 0 Å². The summed E-state index contributed by atoms with van der Waals surface area (Å²) in [7, 11) is 3.44. The van der Waals surface area contributed by atoms with Gasteiger partial charge in [-0.2, -0.15) is 0 Å². The van der Waals surface area contributed by atoms with E-state index in [9.17, 15) is 9.59 Å². The van der Waals surface area contributed by atoms with Crippen molar-refractivity contribution in [2.75, 3.05) is 27.2 Å². The molecule has 0 aromatic rings. The monoisotopic (exact) mass is 297 g/mol. The Labute approximate surface area is 128 Å². The van der Waals surface area contributed by atoms with Crippen molar-refractivity contribution in [2.24, 2.45) is 23.5 Å². The Morgan fingerprint density at radius 3 is 2.29 bits per heavy atom. The second-order valence-corrected chi connectivity index (χ2v) is 6.74. The zero-order valence-corrected chi connectivity index (χ0v) is 14.1. The van der Waals surface area contributed by atoms with E-state index in [0.717, 1.165) is 19.3 Å². The zero-order chi connectivity index (χ0) is 16.2. The molecule has 0 aromatic carbocycles. The second-order valence-electron chi connectivity index (χ2n) is 6.74. The van der Waals surface area contributed by atoms with Gasteiger partial charge in [0.15, 0.2) is 0 Å². The van der Waals surface area contributed by atoms with Crippen molar-refractivity contribution in [1.29, 1.82) is 0 Å². The number of carbonyl (C=O) groups is 2. The molecular formula is C16H31N3O2. The summed E-state index contributed by atoms with van der Waals surface area (Å²) < 4.78 is 0. The Balaban J connectivity index is 2.77. The fourth-order valence-electron chi connectivity index (χ4n) is 3.10. The van der Waals surface area contributed by atoms with Crippen LogP contribution in [0.4, 0.5) is 0 Å². The van der Waals surface area contributed by atoms with Crippen LogP contribution in [0.1, 0.15) is 40.0 Å². The molecule has 4 unspecified atom stereocenters. The van der Waals surface area contributed by atoms with Crippen molar-refractivity contribution in [2.45, 2.75) is 46.1 Å². The van der Waals surface area contributed by atoms with E-state index in [1.54, 1.807) is 19.0 Å². The summed E-state index contributed by atoms with van der Waals surface area (Å²) in [5, 5.41) is 0. The lowest BCUT2D eigenvalue weighted by atomic mass is 9.72. The standard InChI is InChI=1S/C16H31N3O2/c1-6-7-19(10-15(20)18(4)5)16(21)13-9-14(17)12(3)8-11(13)2/h11-14H,6-10,17H2,1-5H3. The minimum Gasteiger partial charge on any atom is -0.347 e. The molecule has 1 saturated carbocycles. The van der Waals surface area contributed by atoms with E-state index in [1.165, 1.54) is 4.90 Å². The van der Waals surface area contributed by atoms with E-state index in [4.69, 9.17) is 5.73 Å². The summed E-state index contributed by atoms with van der Waals surface area (Å²) in [5.41, 5.74) is 6.15. The summed E-state index contributed by atoms with van der Waals surface area (Å²) in [4.78, 5) is 28.0. The van der Waals surface area contributed by atoms with Crippen LogP contribution >= 0.6 is 0 Å². The van der Waals surface area contributed by atoms with Gasteiger partial charge in [0.05, 0.1) is 6.54 Å². The van der Waals surface area contributed by atoms with Gasteiger partial charge in [-0.15, -0.1) is 0 Å². The molecule has 0 aliphatic heterocycles. The highest BCUT2D eigenvalue weighted by atomic mass is 16.2. The topological polar surface area (TPSA) is 66.6 Å². The van der Waals surface area contributed by atoms with Crippen molar-refractivity contribution in [3.05, 3.63) is 0 Å². The van der Waals surface area contributed by atoms with Crippen LogP contribution in [-0.4, -0.2) is 54.8 Å². The van der Waals surface area contributed by atoms with Crippen LogP contribution in [0.5, 0.6) is 0 Å². The Kier molecular flexibility index (Phi) is 6.65. The van der Waals surface area contributed by atoms with Gasteiger partial charge >= 0.3 is 0 Å². The van der Waals surface area contributed by atoms with Gasteiger partial charge in [-0.05, 0) is 31.1 Å².